The molecule has 7 heteroatoms. The molecule has 0 heterocycles. The van der Waals surface area contributed by atoms with E-state index in [4.69, 9.17) is 9.29 Å². The number of unbranched alkanes of at least 4 members (excludes halogenated alkanes) is 6. The first-order valence-corrected chi connectivity index (χ1v) is 10.9. The van der Waals surface area contributed by atoms with E-state index in [0.717, 1.165) is 25.0 Å². The Kier molecular flexibility index (Phi) is 11.9. The number of hydrogen-bond donors (Lipinski definition) is 1. The van der Waals surface area contributed by atoms with Crippen molar-refractivity contribution in [3.63, 3.8) is 0 Å². The van der Waals surface area contributed by atoms with E-state index in [1.54, 1.807) is 12.1 Å². The molecule has 0 aliphatic heterocycles. The maximum atomic E-state index is 11.9. The van der Waals surface area contributed by atoms with Crippen molar-refractivity contribution in [3.05, 3.63) is 48.0 Å². The number of benzene rings is 2. The first-order chi connectivity index (χ1) is 12.9. The third-order valence-corrected chi connectivity index (χ3v) is 5.28. The maximum absolute atomic E-state index is 11.9. The summed E-state index contributed by atoms with van der Waals surface area (Å²) in [5.41, 5.74) is 1.22. The van der Waals surface area contributed by atoms with Gasteiger partial charge in [-0.2, -0.15) is 8.42 Å². The van der Waals surface area contributed by atoms with Gasteiger partial charge in [-0.25, -0.2) is 0 Å². The molecule has 0 amide bonds. The molecular formula is C21H27KO5S. The van der Waals surface area contributed by atoms with Crippen molar-refractivity contribution in [3.8, 4) is 17.2 Å². The molecule has 0 atom stereocenters. The summed E-state index contributed by atoms with van der Waals surface area (Å²) in [6.45, 7) is 2.22. The van der Waals surface area contributed by atoms with Crippen LogP contribution < -0.4 is 61.2 Å². The van der Waals surface area contributed by atoms with E-state index in [-0.39, 0.29) is 57.1 Å². The standard InChI is InChI=1S/C21H28O5S.K/c1-2-3-4-5-6-7-8-9-17-10-12-18(13-11-17)26-21-15-14-19(16-20(21)22)27(23,24)25;/h10-16,22H,2-9H2,1H3,(H,23,24,25);/q;+1/p-1. The van der Waals surface area contributed by atoms with E-state index in [9.17, 15) is 13.5 Å². The van der Waals surface area contributed by atoms with Gasteiger partial charge in [0.05, 0.1) is 4.90 Å². The fourth-order valence-corrected chi connectivity index (χ4v) is 3.37. The van der Waals surface area contributed by atoms with Crippen LogP contribution in [-0.4, -0.2) is 13.0 Å². The van der Waals surface area contributed by atoms with Gasteiger partial charge in [0, 0.05) is 0 Å². The predicted octanol–water partition coefficient (Wildman–Crippen LogP) is 2.10. The Bertz CT molecular complexity index is 819. The van der Waals surface area contributed by atoms with Crippen LogP contribution in [0, 0.1) is 0 Å². The van der Waals surface area contributed by atoms with E-state index in [0.29, 0.717) is 5.75 Å². The molecule has 2 aromatic rings. The van der Waals surface area contributed by atoms with Gasteiger partial charge in [-0.05, 0) is 48.7 Å². The molecule has 0 fully saturated rings. The molecule has 0 spiro atoms. The van der Waals surface area contributed by atoms with Crippen molar-refractivity contribution >= 4 is 10.1 Å². The summed E-state index contributed by atoms with van der Waals surface area (Å²) in [7, 11) is -4.39. The minimum absolute atomic E-state index is 0. The van der Waals surface area contributed by atoms with Crippen LogP contribution >= 0.6 is 0 Å². The Hall–Kier alpha value is -0.414. The van der Waals surface area contributed by atoms with E-state index < -0.39 is 20.8 Å². The molecule has 0 aliphatic rings. The van der Waals surface area contributed by atoms with Crippen molar-refractivity contribution in [1.82, 2.24) is 0 Å². The summed E-state index contributed by atoms with van der Waals surface area (Å²) >= 11 is 0. The van der Waals surface area contributed by atoms with E-state index in [2.05, 4.69) is 6.92 Å². The topological polar surface area (TPSA) is 86.7 Å². The summed E-state index contributed by atoms with van der Waals surface area (Å²) in [6, 6.07) is 10.8. The summed E-state index contributed by atoms with van der Waals surface area (Å²) in [6.07, 6.45) is 9.94. The molecule has 1 N–H and O–H groups in total. The second-order valence-corrected chi connectivity index (χ2v) is 8.12. The van der Waals surface area contributed by atoms with Crippen molar-refractivity contribution in [2.75, 3.05) is 0 Å². The van der Waals surface area contributed by atoms with Gasteiger partial charge in [0.1, 0.15) is 11.5 Å². The maximum Gasteiger partial charge on any atom is 1.00 e. The number of aryl methyl sites for hydroxylation is 1. The molecule has 0 aliphatic carbocycles. The minimum atomic E-state index is -4.39. The first-order valence-electron chi connectivity index (χ1n) is 9.45. The molecule has 0 saturated carbocycles. The summed E-state index contributed by atoms with van der Waals surface area (Å²) in [5, 5.41) is 11.9. The third kappa shape index (κ3) is 8.94. The Balaban J connectivity index is 0.00000392. The van der Waals surface area contributed by atoms with Gasteiger partial charge < -0.3 is 9.84 Å². The molecule has 0 aromatic heterocycles. The van der Waals surface area contributed by atoms with Crippen molar-refractivity contribution in [2.24, 2.45) is 0 Å². The Morgan fingerprint density at radius 2 is 1.54 bits per heavy atom. The summed E-state index contributed by atoms with van der Waals surface area (Å²) in [4.78, 5) is -0.440. The van der Waals surface area contributed by atoms with Crippen LogP contribution in [0.4, 0.5) is 0 Å². The Labute approximate surface area is 210 Å². The first kappa shape index (κ1) is 25.6. The minimum Gasteiger partial charge on any atom is -0.870 e. The fourth-order valence-electron chi connectivity index (χ4n) is 2.87. The molecule has 2 rings (SSSR count). The predicted molar refractivity (Wildman–Crippen MR) is 104 cm³/mol. The van der Waals surface area contributed by atoms with Crippen LogP contribution in [-0.2, 0) is 16.5 Å². The van der Waals surface area contributed by atoms with Crippen LogP contribution in [0.3, 0.4) is 0 Å². The van der Waals surface area contributed by atoms with Crippen molar-refractivity contribution in [1.29, 1.82) is 0 Å². The van der Waals surface area contributed by atoms with Gasteiger partial charge in [-0.3, -0.25) is 4.55 Å². The van der Waals surface area contributed by atoms with Gasteiger partial charge in [0.25, 0.3) is 10.1 Å². The zero-order valence-corrected chi connectivity index (χ0v) is 20.6. The van der Waals surface area contributed by atoms with Crippen LogP contribution in [0.25, 0.3) is 0 Å². The molecule has 0 unspecified atom stereocenters. The SMILES string of the molecule is CCCCCCCCCc1ccc(Oc2ccc(S(=O)(=O)O)cc2[O-])cc1.[K+]. The molecule has 0 bridgehead atoms. The second kappa shape index (κ2) is 13.0. The zero-order valence-electron chi connectivity index (χ0n) is 16.7. The quantitative estimate of drug-likeness (QED) is 0.335. The van der Waals surface area contributed by atoms with Gasteiger partial charge >= 0.3 is 51.4 Å². The van der Waals surface area contributed by atoms with Crippen LogP contribution in [0.2, 0.25) is 0 Å². The van der Waals surface area contributed by atoms with Crippen LogP contribution in [0.15, 0.2) is 47.4 Å². The van der Waals surface area contributed by atoms with Gasteiger partial charge in [-0.1, -0.05) is 63.3 Å². The average molecular weight is 431 g/mol. The molecule has 28 heavy (non-hydrogen) atoms. The normalized spacial score (nSPS) is 11.1. The molecular weight excluding hydrogens is 403 g/mol. The second-order valence-electron chi connectivity index (χ2n) is 6.70. The molecule has 2 aromatic carbocycles. The average Bonchev–Trinajstić information content (AvgIpc) is 2.63. The monoisotopic (exact) mass is 430 g/mol. The van der Waals surface area contributed by atoms with Crippen LogP contribution in [0.1, 0.15) is 57.4 Å². The summed E-state index contributed by atoms with van der Waals surface area (Å²) < 4.78 is 36.6. The molecule has 148 valence electrons. The smallest absolute Gasteiger partial charge is 0.870 e. The van der Waals surface area contributed by atoms with E-state index >= 15 is 0 Å². The number of hydrogen-bond acceptors (Lipinski definition) is 4. The number of rotatable bonds is 11. The van der Waals surface area contributed by atoms with E-state index in [1.165, 1.54) is 50.2 Å². The third-order valence-electron chi connectivity index (χ3n) is 4.43. The summed E-state index contributed by atoms with van der Waals surface area (Å²) in [5.74, 6) is -0.0745. The number of ether oxygens (including phenoxy) is 1. The van der Waals surface area contributed by atoms with Gasteiger partial charge in [0.2, 0.25) is 0 Å². The van der Waals surface area contributed by atoms with Crippen molar-refractivity contribution < 1.29 is 74.2 Å². The van der Waals surface area contributed by atoms with Crippen LogP contribution in [0.5, 0.6) is 17.2 Å². The molecule has 0 radical (unpaired) electrons. The van der Waals surface area contributed by atoms with Gasteiger partial charge in [0.15, 0.2) is 0 Å². The van der Waals surface area contributed by atoms with E-state index in [1.807, 2.05) is 12.1 Å². The Morgan fingerprint density at radius 1 is 0.929 bits per heavy atom. The van der Waals surface area contributed by atoms with Crippen molar-refractivity contribution in [2.45, 2.75) is 63.2 Å². The molecule has 5 nitrogen and oxygen atoms in total. The van der Waals surface area contributed by atoms with Gasteiger partial charge in [-0.15, -0.1) is 0 Å². The largest absolute Gasteiger partial charge is 1.00 e. The molecule has 0 saturated heterocycles. The fraction of sp³-hybridized carbons (Fsp3) is 0.429. The zero-order chi connectivity index (χ0) is 19.7. The Morgan fingerprint density at radius 3 is 2.11 bits per heavy atom.